The van der Waals surface area contributed by atoms with E-state index in [9.17, 15) is 9.59 Å². The van der Waals surface area contributed by atoms with E-state index < -0.39 is 0 Å². The molecule has 0 aliphatic heterocycles. The van der Waals surface area contributed by atoms with Crippen LogP contribution in [0.3, 0.4) is 0 Å². The van der Waals surface area contributed by atoms with Gasteiger partial charge in [-0.1, -0.05) is 6.07 Å². The van der Waals surface area contributed by atoms with Gasteiger partial charge in [0.15, 0.2) is 0 Å². The Morgan fingerprint density at radius 3 is 2.78 bits per heavy atom. The van der Waals surface area contributed by atoms with Gasteiger partial charge in [0, 0.05) is 35.1 Å². The number of aryl methyl sites for hydroxylation is 2. The summed E-state index contributed by atoms with van der Waals surface area (Å²) in [6.45, 7) is 4.06. The zero-order valence-corrected chi connectivity index (χ0v) is 16.1. The van der Waals surface area contributed by atoms with Crippen molar-refractivity contribution in [2.75, 3.05) is 6.54 Å². The molecule has 3 rings (SSSR count). The molecule has 0 saturated carbocycles. The van der Waals surface area contributed by atoms with E-state index in [4.69, 9.17) is 4.42 Å². The number of pyridine rings is 1. The summed E-state index contributed by atoms with van der Waals surface area (Å²) in [6.07, 6.45) is 4.05. The maximum atomic E-state index is 12.7. The molecule has 0 saturated heterocycles. The number of urea groups is 1. The zero-order chi connectivity index (χ0) is 19.1. The first-order valence-corrected chi connectivity index (χ1v) is 9.69. The minimum Gasteiger partial charge on any atom is -0.467 e. The van der Waals surface area contributed by atoms with Gasteiger partial charge in [-0.15, -0.1) is 11.3 Å². The fourth-order valence-corrected chi connectivity index (χ4v) is 3.66. The fourth-order valence-electron chi connectivity index (χ4n) is 2.75. The molecule has 0 aromatic carbocycles. The molecule has 2 amide bonds. The Bertz CT molecular complexity index is 914. The van der Waals surface area contributed by atoms with Crippen LogP contribution in [0, 0.1) is 6.92 Å². The average Bonchev–Trinajstić information content (AvgIpc) is 3.31. The van der Waals surface area contributed by atoms with Crippen molar-refractivity contribution in [3.8, 4) is 0 Å². The Morgan fingerprint density at radius 1 is 1.19 bits per heavy atom. The van der Waals surface area contributed by atoms with E-state index in [1.165, 1.54) is 10.9 Å². The second-order valence-electron chi connectivity index (χ2n) is 6.27. The topological polar surface area (TPSA) is 67.5 Å². The first-order chi connectivity index (χ1) is 13.1. The highest BCUT2D eigenvalue weighted by Gasteiger charge is 2.16. The van der Waals surface area contributed by atoms with E-state index in [2.05, 4.69) is 18.3 Å². The summed E-state index contributed by atoms with van der Waals surface area (Å²) in [5.41, 5.74) is -0.0312. The summed E-state index contributed by atoms with van der Waals surface area (Å²) in [4.78, 5) is 28.4. The van der Waals surface area contributed by atoms with Crippen molar-refractivity contribution in [1.82, 2.24) is 14.8 Å². The molecule has 3 aromatic heterocycles. The molecular formula is C20H23N3O3S. The van der Waals surface area contributed by atoms with E-state index in [1.54, 1.807) is 39.3 Å². The second-order valence-corrected chi connectivity index (χ2v) is 7.64. The van der Waals surface area contributed by atoms with E-state index >= 15 is 0 Å². The molecule has 1 N–H and O–H groups in total. The van der Waals surface area contributed by atoms with Crippen molar-refractivity contribution in [1.29, 1.82) is 0 Å². The molecule has 6 nitrogen and oxygen atoms in total. The van der Waals surface area contributed by atoms with Crippen molar-refractivity contribution in [2.24, 2.45) is 0 Å². The minimum atomic E-state index is -0.141. The van der Waals surface area contributed by atoms with Crippen molar-refractivity contribution in [3.63, 3.8) is 0 Å². The Hall–Kier alpha value is -2.80. The largest absolute Gasteiger partial charge is 0.467 e. The van der Waals surface area contributed by atoms with E-state index in [0.29, 0.717) is 32.6 Å². The van der Waals surface area contributed by atoms with Gasteiger partial charge >= 0.3 is 6.03 Å². The minimum absolute atomic E-state index is 0.0312. The number of aromatic nitrogens is 1. The Kier molecular flexibility index (Phi) is 6.49. The van der Waals surface area contributed by atoms with Crippen molar-refractivity contribution < 1.29 is 9.21 Å². The van der Waals surface area contributed by atoms with Gasteiger partial charge in [0.25, 0.3) is 0 Å². The zero-order valence-electron chi connectivity index (χ0n) is 15.3. The lowest BCUT2D eigenvalue weighted by molar-refractivity contribution is 0.187. The van der Waals surface area contributed by atoms with E-state index in [1.807, 2.05) is 24.3 Å². The van der Waals surface area contributed by atoms with Crippen LogP contribution in [0.5, 0.6) is 0 Å². The Labute approximate surface area is 162 Å². The monoisotopic (exact) mass is 385 g/mol. The van der Waals surface area contributed by atoms with Gasteiger partial charge in [-0.3, -0.25) is 4.79 Å². The number of nitrogens with one attached hydrogen (secondary N) is 1. The highest BCUT2D eigenvalue weighted by atomic mass is 32.1. The molecule has 3 aromatic rings. The van der Waals surface area contributed by atoms with Crippen LogP contribution in [-0.4, -0.2) is 22.0 Å². The van der Waals surface area contributed by atoms with Crippen molar-refractivity contribution >= 4 is 17.4 Å². The molecule has 0 unspecified atom stereocenters. The molecule has 0 radical (unpaired) electrons. The van der Waals surface area contributed by atoms with Gasteiger partial charge < -0.3 is 19.2 Å². The lowest BCUT2D eigenvalue weighted by Crippen LogP contribution is -2.39. The third kappa shape index (κ3) is 5.59. The molecule has 3 heterocycles. The molecule has 0 bridgehead atoms. The second kappa shape index (κ2) is 9.23. The summed E-state index contributed by atoms with van der Waals surface area (Å²) < 4.78 is 7.04. The van der Waals surface area contributed by atoms with E-state index in [-0.39, 0.29) is 11.6 Å². The molecule has 0 atom stereocenters. The fraction of sp³-hybridized carbons (Fsp3) is 0.300. The molecule has 27 heavy (non-hydrogen) atoms. The number of hydrogen-bond acceptors (Lipinski definition) is 4. The number of carbonyl (C=O) groups excluding carboxylic acids is 1. The summed E-state index contributed by atoms with van der Waals surface area (Å²) in [5.74, 6) is 0.745. The van der Waals surface area contributed by atoms with Gasteiger partial charge in [-0.2, -0.15) is 0 Å². The molecule has 0 spiro atoms. The van der Waals surface area contributed by atoms with E-state index in [0.717, 1.165) is 10.6 Å². The number of carbonyl (C=O) groups is 1. The van der Waals surface area contributed by atoms with Crippen LogP contribution in [0.1, 0.15) is 21.9 Å². The Balaban J connectivity index is 1.55. The highest BCUT2D eigenvalue weighted by Crippen LogP contribution is 2.18. The van der Waals surface area contributed by atoms with Crippen molar-refractivity contribution in [3.05, 3.63) is 80.8 Å². The van der Waals surface area contributed by atoms with Crippen LogP contribution < -0.4 is 10.9 Å². The maximum absolute atomic E-state index is 12.7. The first-order valence-electron chi connectivity index (χ1n) is 8.88. The number of rotatable bonds is 8. The number of hydrogen-bond donors (Lipinski definition) is 1. The SMILES string of the molecule is Cc1ccc(CN(Cc2ccco2)C(=O)NCCCn2ccccc2=O)s1. The molecule has 0 aliphatic rings. The lowest BCUT2D eigenvalue weighted by Gasteiger charge is -2.21. The quantitative estimate of drug-likeness (QED) is 0.602. The third-order valence-electron chi connectivity index (χ3n) is 4.11. The highest BCUT2D eigenvalue weighted by molar-refractivity contribution is 7.11. The first kappa shape index (κ1) is 19.0. The van der Waals surface area contributed by atoms with Crippen LogP contribution in [-0.2, 0) is 19.6 Å². The normalized spacial score (nSPS) is 10.7. The molecule has 0 fully saturated rings. The van der Waals surface area contributed by atoms with Gasteiger partial charge in [0.1, 0.15) is 5.76 Å². The maximum Gasteiger partial charge on any atom is 0.318 e. The van der Waals surface area contributed by atoms with Gasteiger partial charge in [0.05, 0.1) is 19.4 Å². The van der Waals surface area contributed by atoms with Crippen LogP contribution >= 0.6 is 11.3 Å². The number of thiophene rings is 1. The molecule has 142 valence electrons. The smallest absolute Gasteiger partial charge is 0.318 e. The Morgan fingerprint density at radius 2 is 2.07 bits per heavy atom. The van der Waals surface area contributed by atoms with Crippen molar-refractivity contribution in [2.45, 2.75) is 33.0 Å². The molecule has 7 heteroatoms. The van der Waals surface area contributed by atoms with Crippen LogP contribution in [0.2, 0.25) is 0 Å². The number of nitrogens with zero attached hydrogens (tertiary/aromatic N) is 2. The number of amides is 2. The van der Waals surface area contributed by atoms with Gasteiger partial charge in [-0.05, 0) is 43.7 Å². The standard InChI is InChI=1S/C20H23N3O3S/c1-16-8-9-18(27-16)15-23(14-17-6-4-13-26-17)20(25)21-10-5-12-22-11-3-2-7-19(22)24/h2-4,6-9,11,13H,5,10,12,14-15H2,1H3,(H,21,25). The predicted octanol–water partition coefficient (Wildman–Crippen LogP) is 3.61. The van der Waals surface area contributed by atoms with Gasteiger partial charge in [0.2, 0.25) is 5.56 Å². The summed E-state index contributed by atoms with van der Waals surface area (Å²) >= 11 is 1.68. The third-order valence-corrected chi connectivity index (χ3v) is 5.09. The van der Waals surface area contributed by atoms with Crippen LogP contribution in [0.4, 0.5) is 4.79 Å². The van der Waals surface area contributed by atoms with Gasteiger partial charge in [-0.25, -0.2) is 4.79 Å². The van der Waals surface area contributed by atoms with Crippen LogP contribution in [0.25, 0.3) is 0 Å². The number of furan rings is 1. The lowest BCUT2D eigenvalue weighted by atomic mass is 10.3. The summed E-state index contributed by atoms with van der Waals surface area (Å²) in [5, 5.41) is 2.95. The summed E-state index contributed by atoms with van der Waals surface area (Å²) in [6, 6.07) is 12.7. The molecule has 0 aliphatic carbocycles. The molecular weight excluding hydrogens is 362 g/mol. The van der Waals surface area contributed by atoms with Crippen LogP contribution in [0.15, 0.2) is 64.1 Å². The summed E-state index contributed by atoms with van der Waals surface area (Å²) in [7, 11) is 0. The average molecular weight is 385 g/mol. The predicted molar refractivity (Wildman–Crippen MR) is 106 cm³/mol.